The Morgan fingerprint density at radius 3 is 2.65 bits per heavy atom. The topological polar surface area (TPSA) is 17.1 Å². The summed E-state index contributed by atoms with van der Waals surface area (Å²) in [6.07, 6.45) is 0. The molecule has 1 aromatic heterocycles. The minimum Gasteiger partial charge on any atom is -0.288 e. The number of benzene rings is 1. The van der Waals surface area contributed by atoms with Crippen molar-refractivity contribution in [3.05, 3.63) is 56.2 Å². The normalized spacial score (nSPS) is 10.6. The molecule has 0 aliphatic heterocycles. The predicted molar refractivity (Wildman–Crippen MR) is 63.9 cm³/mol. The summed E-state index contributed by atoms with van der Waals surface area (Å²) in [6.45, 7) is 1.75. The number of aryl methyl sites for hydroxylation is 1. The van der Waals surface area contributed by atoms with Crippen LogP contribution in [0.5, 0.6) is 0 Å². The Kier molecular flexibility index (Phi) is 3.26. The molecule has 17 heavy (non-hydrogen) atoms. The van der Waals surface area contributed by atoms with Gasteiger partial charge in [0.05, 0.1) is 14.8 Å². The Morgan fingerprint density at radius 2 is 2.06 bits per heavy atom. The number of hydrogen-bond donors (Lipinski definition) is 0. The maximum atomic E-state index is 13.4. The number of ketones is 1. The molecular weight excluding hydrogens is 266 g/mol. The Bertz CT molecular complexity index is 573. The van der Waals surface area contributed by atoms with Crippen molar-refractivity contribution in [3.8, 4) is 0 Å². The number of hydrogen-bond acceptors (Lipinski definition) is 2. The van der Waals surface area contributed by atoms with Crippen LogP contribution in [-0.2, 0) is 0 Å². The number of thiophene rings is 1. The van der Waals surface area contributed by atoms with Crippen LogP contribution in [0.2, 0.25) is 4.34 Å². The SMILES string of the molecule is Cc1cc(C(=O)c2cccc(F)c2F)sc1Cl. The van der Waals surface area contributed by atoms with Gasteiger partial charge in [0.1, 0.15) is 0 Å². The zero-order valence-corrected chi connectivity index (χ0v) is 10.3. The monoisotopic (exact) mass is 272 g/mol. The second-order valence-electron chi connectivity index (χ2n) is 3.50. The van der Waals surface area contributed by atoms with Gasteiger partial charge in [0, 0.05) is 0 Å². The lowest BCUT2D eigenvalue weighted by Crippen LogP contribution is -2.03. The van der Waals surface area contributed by atoms with Gasteiger partial charge in [-0.1, -0.05) is 17.7 Å². The molecule has 1 aromatic carbocycles. The van der Waals surface area contributed by atoms with E-state index in [1.807, 2.05) is 0 Å². The highest BCUT2D eigenvalue weighted by Crippen LogP contribution is 2.29. The lowest BCUT2D eigenvalue weighted by molar-refractivity contribution is 0.103. The van der Waals surface area contributed by atoms with Crippen molar-refractivity contribution in [1.29, 1.82) is 0 Å². The van der Waals surface area contributed by atoms with Crippen LogP contribution >= 0.6 is 22.9 Å². The molecule has 0 radical (unpaired) electrons. The molecule has 88 valence electrons. The van der Waals surface area contributed by atoms with E-state index < -0.39 is 17.4 Å². The summed E-state index contributed by atoms with van der Waals surface area (Å²) in [5, 5.41) is 0. The van der Waals surface area contributed by atoms with Crippen LogP contribution in [0, 0.1) is 18.6 Å². The Morgan fingerprint density at radius 1 is 1.35 bits per heavy atom. The second-order valence-corrected chi connectivity index (χ2v) is 5.15. The summed E-state index contributed by atoms with van der Waals surface area (Å²) in [4.78, 5) is 12.2. The lowest BCUT2D eigenvalue weighted by Gasteiger charge is -2.00. The van der Waals surface area contributed by atoms with E-state index in [2.05, 4.69) is 0 Å². The maximum Gasteiger partial charge on any atom is 0.206 e. The smallest absolute Gasteiger partial charge is 0.206 e. The van der Waals surface area contributed by atoms with Crippen LogP contribution in [0.1, 0.15) is 20.8 Å². The molecule has 0 atom stereocenters. The second kappa shape index (κ2) is 4.55. The van der Waals surface area contributed by atoms with Crippen LogP contribution in [0.4, 0.5) is 8.78 Å². The van der Waals surface area contributed by atoms with Gasteiger partial charge in [-0.15, -0.1) is 11.3 Å². The molecule has 2 rings (SSSR count). The number of carbonyl (C=O) groups excluding carboxylic acids is 1. The first-order valence-electron chi connectivity index (χ1n) is 4.75. The van der Waals surface area contributed by atoms with E-state index in [-0.39, 0.29) is 5.56 Å². The largest absolute Gasteiger partial charge is 0.288 e. The van der Waals surface area contributed by atoms with E-state index in [4.69, 9.17) is 11.6 Å². The van der Waals surface area contributed by atoms with Gasteiger partial charge in [-0.05, 0) is 30.7 Å². The van der Waals surface area contributed by atoms with E-state index in [0.717, 1.165) is 23.0 Å². The van der Waals surface area contributed by atoms with E-state index >= 15 is 0 Å². The highest BCUT2D eigenvalue weighted by atomic mass is 35.5. The van der Waals surface area contributed by atoms with Gasteiger partial charge < -0.3 is 0 Å². The average molecular weight is 273 g/mol. The quantitative estimate of drug-likeness (QED) is 0.748. The summed E-state index contributed by atoms with van der Waals surface area (Å²) in [5.74, 6) is -2.71. The summed E-state index contributed by atoms with van der Waals surface area (Å²) in [6, 6.07) is 5.09. The highest BCUT2D eigenvalue weighted by molar-refractivity contribution is 7.18. The minimum absolute atomic E-state index is 0.275. The molecule has 0 aliphatic rings. The third-order valence-corrected chi connectivity index (χ3v) is 3.83. The molecule has 0 spiro atoms. The molecule has 0 amide bonds. The van der Waals surface area contributed by atoms with Gasteiger partial charge in [0.2, 0.25) is 5.78 Å². The van der Waals surface area contributed by atoms with Crippen molar-refractivity contribution in [1.82, 2.24) is 0 Å². The van der Waals surface area contributed by atoms with E-state index in [0.29, 0.717) is 9.21 Å². The number of halogens is 3. The van der Waals surface area contributed by atoms with E-state index in [9.17, 15) is 13.6 Å². The number of carbonyl (C=O) groups is 1. The molecule has 0 saturated heterocycles. The molecule has 1 nitrogen and oxygen atoms in total. The van der Waals surface area contributed by atoms with Crippen LogP contribution in [0.15, 0.2) is 24.3 Å². The molecule has 0 fully saturated rings. The molecule has 0 N–H and O–H groups in total. The fraction of sp³-hybridized carbons (Fsp3) is 0.0833. The van der Waals surface area contributed by atoms with Crippen molar-refractivity contribution < 1.29 is 13.6 Å². The zero-order chi connectivity index (χ0) is 12.6. The summed E-state index contributed by atoms with van der Waals surface area (Å²) in [5.41, 5.74) is 0.472. The maximum absolute atomic E-state index is 13.4. The van der Waals surface area contributed by atoms with Gasteiger partial charge in [-0.25, -0.2) is 8.78 Å². The molecule has 0 saturated carbocycles. The molecule has 0 bridgehead atoms. The predicted octanol–water partition coefficient (Wildman–Crippen LogP) is 4.22. The lowest BCUT2D eigenvalue weighted by atomic mass is 10.1. The summed E-state index contributed by atoms with van der Waals surface area (Å²) >= 11 is 6.89. The molecule has 1 heterocycles. The fourth-order valence-electron chi connectivity index (χ4n) is 1.38. The van der Waals surface area contributed by atoms with Gasteiger partial charge in [0.25, 0.3) is 0 Å². The fourth-order valence-corrected chi connectivity index (χ4v) is 2.54. The van der Waals surface area contributed by atoms with Crippen molar-refractivity contribution >= 4 is 28.7 Å². The highest BCUT2D eigenvalue weighted by Gasteiger charge is 2.19. The van der Waals surface area contributed by atoms with Crippen molar-refractivity contribution in [2.45, 2.75) is 6.92 Å². The minimum atomic E-state index is -1.13. The van der Waals surface area contributed by atoms with Crippen molar-refractivity contribution in [3.63, 3.8) is 0 Å². The molecule has 0 aliphatic carbocycles. The first kappa shape index (κ1) is 12.2. The standard InChI is InChI=1S/C12H7ClF2OS/c1-6-5-9(17-12(6)13)11(16)7-3-2-4-8(14)10(7)15/h2-5H,1H3. The van der Waals surface area contributed by atoms with Crippen LogP contribution in [0.25, 0.3) is 0 Å². The zero-order valence-electron chi connectivity index (χ0n) is 8.76. The van der Waals surface area contributed by atoms with Crippen molar-refractivity contribution in [2.24, 2.45) is 0 Å². The van der Waals surface area contributed by atoms with E-state index in [1.54, 1.807) is 13.0 Å². The van der Waals surface area contributed by atoms with Crippen LogP contribution in [-0.4, -0.2) is 5.78 Å². The summed E-state index contributed by atoms with van der Waals surface area (Å²) in [7, 11) is 0. The first-order valence-corrected chi connectivity index (χ1v) is 5.95. The van der Waals surface area contributed by atoms with Gasteiger partial charge >= 0.3 is 0 Å². The van der Waals surface area contributed by atoms with Crippen LogP contribution in [0.3, 0.4) is 0 Å². The third-order valence-electron chi connectivity index (χ3n) is 2.28. The average Bonchev–Trinajstić information content (AvgIpc) is 2.62. The Balaban J connectivity index is 2.47. The van der Waals surface area contributed by atoms with Gasteiger partial charge in [0.15, 0.2) is 11.6 Å². The molecule has 5 heteroatoms. The first-order chi connectivity index (χ1) is 8.00. The van der Waals surface area contributed by atoms with Crippen molar-refractivity contribution in [2.75, 3.05) is 0 Å². The molecule has 2 aromatic rings. The third kappa shape index (κ3) is 2.23. The van der Waals surface area contributed by atoms with Gasteiger partial charge in [-0.3, -0.25) is 4.79 Å². The van der Waals surface area contributed by atoms with E-state index in [1.165, 1.54) is 12.1 Å². The summed E-state index contributed by atoms with van der Waals surface area (Å²) < 4.78 is 26.9. The number of rotatable bonds is 2. The Labute approximate surface area is 106 Å². The van der Waals surface area contributed by atoms with Crippen LogP contribution < -0.4 is 0 Å². The van der Waals surface area contributed by atoms with Gasteiger partial charge in [-0.2, -0.15) is 0 Å². The molecular formula is C12H7ClF2OS. The Hall–Kier alpha value is -1.26. The molecule has 0 unspecified atom stereocenters.